The standard InChI is InChI=1S/C14H18ClN5O2/c15-14-18-12-11(16-10(17-12)1-3-22-4-2-21)13(19-14)20-7-8-5-9(20)6-8/h8-9,21H,1-7H2,(H,16,17,18,19). The van der Waals surface area contributed by atoms with Crippen molar-refractivity contribution in [3.05, 3.63) is 11.1 Å². The number of halogens is 1. The van der Waals surface area contributed by atoms with Crippen LogP contribution in [0.2, 0.25) is 5.28 Å². The van der Waals surface area contributed by atoms with Crippen LogP contribution in [0, 0.1) is 5.92 Å². The lowest BCUT2D eigenvalue weighted by Crippen LogP contribution is -2.29. The van der Waals surface area contributed by atoms with E-state index in [1.807, 2.05) is 0 Å². The Morgan fingerprint density at radius 1 is 1.27 bits per heavy atom. The van der Waals surface area contributed by atoms with E-state index in [9.17, 15) is 0 Å². The summed E-state index contributed by atoms with van der Waals surface area (Å²) in [6.07, 6.45) is 3.13. The van der Waals surface area contributed by atoms with E-state index in [0.29, 0.717) is 31.3 Å². The van der Waals surface area contributed by atoms with Gasteiger partial charge in [0.05, 0.1) is 19.8 Å². The topological polar surface area (TPSA) is 87.2 Å². The largest absolute Gasteiger partial charge is 0.394 e. The minimum Gasteiger partial charge on any atom is -0.394 e. The number of ether oxygens (including phenoxy) is 1. The highest BCUT2D eigenvalue weighted by Crippen LogP contribution is 2.44. The average Bonchev–Trinajstić information content (AvgIpc) is 3.14. The van der Waals surface area contributed by atoms with Crippen LogP contribution < -0.4 is 4.90 Å². The molecule has 0 radical (unpaired) electrons. The molecule has 2 aromatic rings. The Balaban J connectivity index is 1.60. The maximum atomic E-state index is 8.71. The summed E-state index contributed by atoms with van der Waals surface area (Å²) in [5, 5.41) is 8.96. The first kappa shape index (κ1) is 14.2. The third kappa shape index (κ3) is 2.43. The number of hydrogen-bond acceptors (Lipinski definition) is 6. The number of rotatable bonds is 6. The third-order valence-electron chi connectivity index (χ3n) is 4.45. The van der Waals surface area contributed by atoms with Crippen molar-refractivity contribution in [2.75, 3.05) is 31.3 Å². The molecular formula is C14H18ClN5O2. The molecule has 118 valence electrons. The van der Waals surface area contributed by atoms with Gasteiger partial charge in [-0.1, -0.05) is 0 Å². The maximum Gasteiger partial charge on any atom is 0.226 e. The molecule has 2 aromatic heterocycles. The highest BCUT2D eigenvalue weighted by Gasteiger charge is 2.44. The van der Waals surface area contributed by atoms with Gasteiger partial charge in [0.1, 0.15) is 5.82 Å². The van der Waals surface area contributed by atoms with Crippen molar-refractivity contribution in [3.8, 4) is 0 Å². The number of nitrogens with zero attached hydrogens (tertiary/aromatic N) is 4. The molecule has 2 N–H and O–H groups in total. The van der Waals surface area contributed by atoms with Crippen molar-refractivity contribution in [2.24, 2.45) is 5.92 Å². The van der Waals surface area contributed by atoms with Gasteiger partial charge in [-0.3, -0.25) is 0 Å². The molecule has 0 atom stereocenters. The van der Waals surface area contributed by atoms with Gasteiger partial charge in [0.25, 0.3) is 0 Å². The van der Waals surface area contributed by atoms with E-state index in [1.165, 1.54) is 12.8 Å². The van der Waals surface area contributed by atoms with Gasteiger partial charge in [-0.2, -0.15) is 9.97 Å². The Labute approximate surface area is 132 Å². The minimum absolute atomic E-state index is 0.0306. The van der Waals surface area contributed by atoms with Crippen LogP contribution in [-0.2, 0) is 11.2 Å². The van der Waals surface area contributed by atoms with E-state index in [4.69, 9.17) is 21.4 Å². The lowest BCUT2D eigenvalue weighted by Gasteiger charge is -2.26. The predicted octanol–water partition coefficient (Wildman–Crippen LogP) is 1.16. The number of aromatic nitrogens is 4. The fraction of sp³-hybridized carbons (Fsp3) is 0.643. The molecule has 4 heterocycles. The summed E-state index contributed by atoms with van der Waals surface area (Å²) in [4.78, 5) is 18.8. The zero-order valence-corrected chi connectivity index (χ0v) is 12.9. The molecule has 0 spiro atoms. The molecule has 1 aliphatic carbocycles. The molecule has 7 nitrogen and oxygen atoms in total. The Morgan fingerprint density at radius 2 is 2.14 bits per heavy atom. The fourth-order valence-electron chi connectivity index (χ4n) is 3.35. The van der Waals surface area contributed by atoms with Gasteiger partial charge < -0.3 is 19.7 Å². The molecule has 0 aromatic carbocycles. The number of fused-ring (bicyclic) bond motifs is 2. The molecule has 1 saturated carbocycles. The van der Waals surface area contributed by atoms with Crippen LogP contribution in [0.3, 0.4) is 0 Å². The third-order valence-corrected chi connectivity index (χ3v) is 4.61. The molecule has 2 saturated heterocycles. The summed E-state index contributed by atoms with van der Waals surface area (Å²) in [5.74, 6) is 2.44. The van der Waals surface area contributed by atoms with Crippen molar-refractivity contribution in [1.29, 1.82) is 0 Å². The molecular weight excluding hydrogens is 306 g/mol. The summed E-state index contributed by atoms with van der Waals surface area (Å²) in [5.41, 5.74) is 1.46. The van der Waals surface area contributed by atoms with Crippen molar-refractivity contribution in [3.63, 3.8) is 0 Å². The first-order valence-electron chi connectivity index (χ1n) is 7.62. The first-order chi connectivity index (χ1) is 10.7. The van der Waals surface area contributed by atoms with Crippen LogP contribution in [0.4, 0.5) is 5.82 Å². The molecule has 8 heteroatoms. The lowest BCUT2D eigenvalue weighted by molar-refractivity contribution is 0.0937. The highest BCUT2D eigenvalue weighted by atomic mass is 35.5. The van der Waals surface area contributed by atoms with Gasteiger partial charge in [-0.05, 0) is 30.4 Å². The number of H-pyrrole nitrogens is 1. The summed E-state index contributed by atoms with van der Waals surface area (Å²) >= 11 is 6.07. The van der Waals surface area contributed by atoms with Crippen molar-refractivity contribution >= 4 is 28.6 Å². The van der Waals surface area contributed by atoms with E-state index in [0.717, 1.165) is 29.6 Å². The van der Waals surface area contributed by atoms with E-state index >= 15 is 0 Å². The molecule has 0 amide bonds. The van der Waals surface area contributed by atoms with Gasteiger partial charge in [0.15, 0.2) is 17.0 Å². The quantitative estimate of drug-likeness (QED) is 0.612. The SMILES string of the molecule is OCCOCCc1nc2c(N3CC4CC3C4)nc(Cl)nc2[nH]1. The molecule has 2 bridgehead atoms. The van der Waals surface area contributed by atoms with Crippen LogP contribution in [0.1, 0.15) is 18.7 Å². The summed E-state index contributed by atoms with van der Waals surface area (Å²) in [7, 11) is 0. The van der Waals surface area contributed by atoms with Gasteiger partial charge in [-0.15, -0.1) is 0 Å². The number of anilines is 1. The molecule has 22 heavy (non-hydrogen) atoms. The average molecular weight is 324 g/mol. The van der Waals surface area contributed by atoms with Gasteiger partial charge >= 0.3 is 0 Å². The number of hydrogen-bond donors (Lipinski definition) is 2. The zero-order valence-electron chi connectivity index (χ0n) is 12.1. The predicted molar refractivity (Wildman–Crippen MR) is 82.2 cm³/mol. The normalized spacial score (nSPS) is 23.3. The Kier molecular flexibility index (Phi) is 3.63. The van der Waals surface area contributed by atoms with E-state index in [2.05, 4.69) is 24.8 Å². The number of aliphatic hydroxyl groups excluding tert-OH is 1. The molecule has 5 rings (SSSR count). The summed E-state index contributed by atoms with van der Waals surface area (Å²) in [6.45, 7) is 1.91. The van der Waals surface area contributed by atoms with E-state index in [1.54, 1.807) is 0 Å². The van der Waals surface area contributed by atoms with E-state index < -0.39 is 0 Å². The number of imidazole rings is 1. The first-order valence-corrected chi connectivity index (χ1v) is 7.99. The van der Waals surface area contributed by atoms with Crippen molar-refractivity contribution in [1.82, 2.24) is 19.9 Å². The van der Waals surface area contributed by atoms with Crippen molar-refractivity contribution in [2.45, 2.75) is 25.3 Å². The van der Waals surface area contributed by atoms with Crippen LogP contribution in [0.5, 0.6) is 0 Å². The summed E-state index contributed by atoms with van der Waals surface area (Å²) < 4.78 is 5.28. The lowest BCUT2D eigenvalue weighted by atomic mass is 9.86. The van der Waals surface area contributed by atoms with Gasteiger partial charge in [-0.25, -0.2) is 4.98 Å². The number of nitrogens with one attached hydrogen (secondary N) is 1. The zero-order chi connectivity index (χ0) is 15.1. The Morgan fingerprint density at radius 3 is 2.86 bits per heavy atom. The minimum atomic E-state index is 0.0306. The van der Waals surface area contributed by atoms with Crippen LogP contribution >= 0.6 is 11.6 Å². The molecule has 3 fully saturated rings. The maximum absolute atomic E-state index is 8.71. The highest BCUT2D eigenvalue weighted by molar-refractivity contribution is 6.28. The Bertz CT molecular complexity index is 685. The van der Waals surface area contributed by atoms with Crippen LogP contribution in [-0.4, -0.2) is 57.4 Å². The second-order valence-electron chi connectivity index (χ2n) is 5.93. The van der Waals surface area contributed by atoms with Gasteiger partial charge in [0.2, 0.25) is 5.28 Å². The van der Waals surface area contributed by atoms with Crippen LogP contribution in [0.25, 0.3) is 11.2 Å². The fourth-order valence-corrected chi connectivity index (χ4v) is 3.52. The molecule has 2 aliphatic heterocycles. The monoisotopic (exact) mass is 323 g/mol. The molecule has 3 aliphatic rings. The smallest absolute Gasteiger partial charge is 0.226 e. The molecule has 0 unspecified atom stereocenters. The van der Waals surface area contributed by atoms with Crippen LogP contribution in [0.15, 0.2) is 0 Å². The second kappa shape index (κ2) is 5.64. The van der Waals surface area contributed by atoms with E-state index in [-0.39, 0.29) is 11.9 Å². The second-order valence-corrected chi connectivity index (χ2v) is 6.26. The Hall–Kier alpha value is -1.44. The number of aliphatic hydroxyl groups is 1. The van der Waals surface area contributed by atoms with Crippen molar-refractivity contribution < 1.29 is 9.84 Å². The van der Waals surface area contributed by atoms with Gasteiger partial charge in [0, 0.05) is 19.0 Å². The number of aromatic amines is 1. The summed E-state index contributed by atoms with van der Waals surface area (Å²) in [6, 6.07) is 0.576.